The molecule has 2 aromatic heterocycles. The Labute approximate surface area is 168 Å². The average Bonchev–Trinajstić information content (AvgIpc) is 3.19. The highest BCUT2D eigenvalue weighted by Gasteiger charge is 2.18. The van der Waals surface area contributed by atoms with Crippen LogP contribution in [0.4, 0.5) is 0 Å². The van der Waals surface area contributed by atoms with E-state index < -0.39 is 16.0 Å². The predicted molar refractivity (Wildman–Crippen MR) is 105 cm³/mol. The number of carbonyl (C=O) groups excluding carboxylic acids is 1. The molecule has 0 fully saturated rings. The van der Waals surface area contributed by atoms with Gasteiger partial charge >= 0.3 is 5.97 Å². The molecule has 3 aromatic rings. The molecular formula is C16H15ClN2O5S3. The first-order valence-electron chi connectivity index (χ1n) is 7.73. The lowest BCUT2D eigenvalue weighted by Gasteiger charge is -2.05. The molecule has 1 aromatic carbocycles. The third kappa shape index (κ3) is 4.34. The molecule has 7 nitrogen and oxygen atoms in total. The van der Waals surface area contributed by atoms with Crippen molar-refractivity contribution < 1.29 is 22.7 Å². The van der Waals surface area contributed by atoms with Crippen molar-refractivity contribution in [3.05, 3.63) is 39.5 Å². The Morgan fingerprint density at radius 2 is 2.04 bits per heavy atom. The number of rotatable bonds is 6. The number of aromatic nitrogens is 1. The van der Waals surface area contributed by atoms with E-state index in [1.54, 1.807) is 18.2 Å². The minimum atomic E-state index is -3.96. The first-order chi connectivity index (χ1) is 12.8. The third-order valence-corrected chi connectivity index (χ3v) is 7.60. The van der Waals surface area contributed by atoms with Gasteiger partial charge in [-0.25, -0.2) is 0 Å². The van der Waals surface area contributed by atoms with Crippen LogP contribution in [0.3, 0.4) is 0 Å². The van der Waals surface area contributed by atoms with Gasteiger partial charge in [-0.15, -0.1) is 15.7 Å². The number of methoxy groups -OCH3 is 1. The summed E-state index contributed by atoms with van der Waals surface area (Å²) in [6.07, 6.45) is 0. The molecule has 0 aliphatic heterocycles. The topological polar surface area (TPSA) is 87.0 Å². The Balaban J connectivity index is 2.20. The van der Waals surface area contributed by atoms with Gasteiger partial charge in [0.25, 0.3) is 10.0 Å². The number of benzene rings is 1. The summed E-state index contributed by atoms with van der Waals surface area (Å²) in [7, 11) is -2.69. The zero-order chi connectivity index (χ0) is 19.6. The molecule has 3 rings (SSSR count). The number of carbonyl (C=O) groups is 1. The van der Waals surface area contributed by atoms with E-state index in [9.17, 15) is 13.2 Å². The maximum atomic E-state index is 12.6. The fourth-order valence-corrected chi connectivity index (χ4v) is 6.03. The van der Waals surface area contributed by atoms with Crippen LogP contribution < -0.4 is 9.54 Å². The van der Waals surface area contributed by atoms with E-state index >= 15 is 0 Å². The van der Waals surface area contributed by atoms with Crippen LogP contribution in [0.5, 0.6) is 5.75 Å². The second-order valence-corrected chi connectivity index (χ2v) is 9.79. The van der Waals surface area contributed by atoms with Crippen molar-refractivity contribution >= 4 is 60.5 Å². The van der Waals surface area contributed by atoms with Crippen LogP contribution in [0.25, 0.3) is 10.2 Å². The number of hydrogen-bond donors (Lipinski definition) is 0. The Morgan fingerprint density at radius 3 is 2.67 bits per heavy atom. The van der Waals surface area contributed by atoms with E-state index in [0.29, 0.717) is 22.2 Å². The second-order valence-electron chi connectivity index (χ2n) is 5.23. The van der Waals surface area contributed by atoms with Crippen molar-refractivity contribution in [3.8, 4) is 5.75 Å². The van der Waals surface area contributed by atoms with Gasteiger partial charge in [-0.3, -0.25) is 4.79 Å². The molecule has 144 valence electrons. The van der Waals surface area contributed by atoms with Gasteiger partial charge in [-0.2, -0.15) is 8.42 Å². The number of nitrogens with zero attached hydrogens (tertiary/aromatic N) is 2. The number of sulfonamides is 1. The molecule has 0 atom stereocenters. The van der Waals surface area contributed by atoms with Crippen LogP contribution in [0.1, 0.15) is 6.92 Å². The standard InChI is InChI=1S/C16H15ClN2O5S3/c1-3-24-10-4-5-11-12(8-10)25-16(19(11)9-14(20)23-2)18-27(21,22)15-7-6-13(17)26-15/h4-8H,3,9H2,1-2H3. The van der Waals surface area contributed by atoms with Crippen LogP contribution in [-0.4, -0.2) is 32.7 Å². The maximum absolute atomic E-state index is 12.6. The number of fused-ring (bicyclic) bond motifs is 1. The van der Waals surface area contributed by atoms with Crippen molar-refractivity contribution in [1.29, 1.82) is 0 Å². The van der Waals surface area contributed by atoms with Gasteiger partial charge in [0, 0.05) is 0 Å². The van der Waals surface area contributed by atoms with Crippen molar-refractivity contribution in [1.82, 2.24) is 4.57 Å². The largest absolute Gasteiger partial charge is 0.494 e. The van der Waals surface area contributed by atoms with E-state index in [2.05, 4.69) is 4.40 Å². The fraction of sp³-hybridized carbons (Fsp3) is 0.250. The molecule has 0 radical (unpaired) electrons. The minimum absolute atomic E-state index is 0.0320. The molecule has 2 heterocycles. The van der Waals surface area contributed by atoms with Gasteiger partial charge in [0.15, 0.2) is 0 Å². The minimum Gasteiger partial charge on any atom is -0.494 e. The molecular weight excluding hydrogens is 432 g/mol. The highest BCUT2D eigenvalue weighted by molar-refractivity contribution is 7.92. The van der Waals surface area contributed by atoms with Gasteiger partial charge in [-0.05, 0) is 37.3 Å². The summed E-state index contributed by atoms with van der Waals surface area (Å²) in [6.45, 7) is 2.21. The Bertz CT molecular complexity index is 1160. The van der Waals surface area contributed by atoms with Gasteiger partial charge in [0.2, 0.25) is 4.80 Å². The summed E-state index contributed by atoms with van der Waals surface area (Å²) >= 11 is 7.90. The van der Waals surface area contributed by atoms with Crippen LogP contribution in [0, 0.1) is 0 Å². The fourth-order valence-electron chi connectivity index (χ4n) is 2.31. The maximum Gasteiger partial charge on any atom is 0.325 e. The van der Waals surface area contributed by atoms with E-state index in [-0.39, 0.29) is 15.6 Å². The first-order valence-corrected chi connectivity index (χ1v) is 11.2. The Morgan fingerprint density at radius 1 is 1.26 bits per heavy atom. The molecule has 0 saturated carbocycles. The van der Waals surface area contributed by atoms with Gasteiger partial charge < -0.3 is 14.0 Å². The molecule has 27 heavy (non-hydrogen) atoms. The van der Waals surface area contributed by atoms with Crippen molar-refractivity contribution in [2.24, 2.45) is 4.40 Å². The summed E-state index contributed by atoms with van der Waals surface area (Å²) < 4.78 is 42.0. The lowest BCUT2D eigenvalue weighted by Crippen LogP contribution is -2.22. The molecule has 0 aliphatic rings. The van der Waals surface area contributed by atoms with E-state index in [1.165, 1.54) is 23.8 Å². The number of halogens is 1. The lowest BCUT2D eigenvalue weighted by atomic mass is 10.3. The highest BCUT2D eigenvalue weighted by Crippen LogP contribution is 2.28. The first kappa shape index (κ1) is 19.9. The molecule has 0 unspecified atom stereocenters. The molecule has 0 spiro atoms. The van der Waals surface area contributed by atoms with Gasteiger partial charge in [0.05, 0.1) is 28.3 Å². The normalized spacial score (nSPS) is 12.5. The van der Waals surface area contributed by atoms with Crippen molar-refractivity contribution in [3.63, 3.8) is 0 Å². The molecule has 0 aliphatic carbocycles. The molecule has 11 heteroatoms. The summed E-state index contributed by atoms with van der Waals surface area (Å²) in [4.78, 5) is 12.0. The molecule has 0 amide bonds. The summed E-state index contributed by atoms with van der Waals surface area (Å²) in [5.41, 5.74) is 0.659. The number of thiazole rings is 1. The van der Waals surface area contributed by atoms with E-state index in [1.807, 2.05) is 6.92 Å². The van der Waals surface area contributed by atoms with E-state index in [4.69, 9.17) is 21.1 Å². The van der Waals surface area contributed by atoms with Gasteiger partial charge in [0.1, 0.15) is 16.5 Å². The zero-order valence-electron chi connectivity index (χ0n) is 14.3. The number of hydrogen-bond acceptors (Lipinski definition) is 7. The van der Waals surface area contributed by atoms with Crippen LogP contribution in [0.2, 0.25) is 4.34 Å². The van der Waals surface area contributed by atoms with Crippen LogP contribution >= 0.6 is 34.3 Å². The van der Waals surface area contributed by atoms with Crippen molar-refractivity contribution in [2.75, 3.05) is 13.7 Å². The van der Waals surface area contributed by atoms with Crippen LogP contribution in [-0.2, 0) is 26.1 Å². The Hall–Kier alpha value is -1.88. The summed E-state index contributed by atoms with van der Waals surface area (Å²) in [5, 5.41) is 0. The van der Waals surface area contributed by atoms with Crippen molar-refractivity contribution in [2.45, 2.75) is 17.7 Å². The van der Waals surface area contributed by atoms with Gasteiger partial charge in [-0.1, -0.05) is 22.9 Å². The SMILES string of the molecule is CCOc1ccc2c(c1)sc(=NS(=O)(=O)c1ccc(Cl)s1)n2CC(=O)OC. The lowest BCUT2D eigenvalue weighted by molar-refractivity contribution is -0.141. The monoisotopic (exact) mass is 446 g/mol. The zero-order valence-corrected chi connectivity index (χ0v) is 17.5. The number of esters is 1. The highest BCUT2D eigenvalue weighted by atomic mass is 35.5. The average molecular weight is 447 g/mol. The smallest absolute Gasteiger partial charge is 0.325 e. The number of thiophene rings is 1. The summed E-state index contributed by atoms with van der Waals surface area (Å²) in [6, 6.07) is 8.19. The Kier molecular flexibility index (Phi) is 5.89. The summed E-state index contributed by atoms with van der Waals surface area (Å²) in [5.74, 6) is 0.137. The third-order valence-electron chi connectivity index (χ3n) is 3.48. The van der Waals surface area contributed by atoms with E-state index in [0.717, 1.165) is 27.4 Å². The second kappa shape index (κ2) is 8.01. The predicted octanol–water partition coefficient (Wildman–Crippen LogP) is 3.28. The quantitative estimate of drug-likeness (QED) is 0.542. The van der Waals surface area contributed by atoms with Crippen LogP contribution in [0.15, 0.2) is 38.9 Å². The number of ether oxygens (including phenoxy) is 2. The molecule has 0 N–H and O–H groups in total. The molecule has 0 saturated heterocycles. The molecule has 0 bridgehead atoms.